The topological polar surface area (TPSA) is 110 Å². The van der Waals surface area contributed by atoms with Crippen LogP contribution in [0.5, 0.6) is 0 Å². The summed E-state index contributed by atoms with van der Waals surface area (Å²) in [6.07, 6.45) is -1.61. The highest BCUT2D eigenvalue weighted by atomic mass is 16.4. The van der Waals surface area contributed by atoms with E-state index in [4.69, 9.17) is 15.3 Å². The Morgan fingerprint density at radius 3 is 2.47 bits per heavy atom. The van der Waals surface area contributed by atoms with Gasteiger partial charge in [-0.2, -0.15) is 0 Å². The lowest BCUT2D eigenvalue weighted by Gasteiger charge is -2.20. The van der Waals surface area contributed by atoms with Crippen LogP contribution in [0.1, 0.15) is 6.92 Å². The Labute approximate surface area is 87.3 Å². The number of carbonyl (C=O) groups is 2. The molecule has 88 valence electrons. The van der Waals surface area contributed by atoms with Gasteiger partial charge in [-0.15, -0.1) is 0 Å². The van der Waals surface area contributed by atoms with Gasteiger partial charge in [-0.25, -0.2) is 9.59 Å². The van der Waals surface area contributed by atoms with E-state index in [1.165, 1.54) is 4.90 Å². The third-order valence-corrected chi connectivity index (χ3v) is 1.77. The van der Waals surface area contributed by atoms with Gasteiger partial charge in [0.2, 0.25) is 0 Å². The summed E-state index contributed by atoms with van der Waals surface area (Å²) in [6.45, 7) is 1.78. The van der Waals surface area contributed by atoms with Gasteiger partial charge >= 0.3 is 12.0 Å². The monoisotopic (exact) mass is 220 g/mol. The molecule has 0 rings (SSSR count). The van der Waals surface area contributed by atoms with Crippen LogP contribution >= 0.6 is 0 Å². The minimum atomic E-state index is -1.61. The molecular weight excluding hydrogens is 204 g/mol. The Kier molecular flexibility index (Phi) is 6.39. The number of aliphatic carboxylic acids is 1. The maximum atomic E-state index is 11.3. The summed E-state index contributed by atoms with van der Waals surface area (Å²) in [5.74, 6) is -1.39. The molecule has 7 nitrogen and oxygen atoms in total. The van der Waals surface area contributed by atoms with E-state index >= 15 is 0 Å². The van der Waals surface area contributed by atoms with Crippen molar-refractivity contribution < 1.29 is 24.9 Å². The predicted molar refractivity (Wildman–Crippen MR) is 51.4 cm³/mol. The van der Waals surface area contributed by atoms with Crippen LogP contribution in [0.3, 0.4) is 0 Å². The SMILES string of the molecule is CCN(CCO)C(=O)NC[C@H](O)C(=O)O. The van der Waals surface area contributed by atoms with Gasteiger partial charge in [0.15, 0.2) is 6.10 Å². The molecule has 1 atom stereocenters. The highest BCUT2D eigenvalue weighted by molar-refractivity contribution is 5.76. The molecule has 0 saturated carbocycles. The molecule has 0 spiro atoms. The second kappa shape index (κ2) is 7.02. The Balaban J connectivity index is 3.95. The molecule has 0 radical (unpaired) electrons. The summed E-state index contributed by atoms with van der Waals surface area (Å²) in [7, 11) is 0. The molecule has 0 fully saturated rings. The van der Waals surface area contributed by atoms with E-state index < -0.39 is 18.1 Å². The zero-order valence-electron chi connectivity index (χ0n) is 8.51. The van der Waals surface area contributed by atoms with E-state index in [0.29, 0.717) is 6.54 Å². The molecule has 4 N–H and O–H groups in total. The van der Waals surface area contributed by atoms with E-state index in [1.807, 2.05) is 0 Å². The normalized spacial score (nSPS) is 11.9. The van der Waals surface area contributed by atoms with Gasteiger partial charge in [-0.05, 0) is 6.92 Å². The Morgan fingerprint density at radius 1 is 1.47 bits per heavy atom. The summed E-state index contributed by atoms with van der Waals surface area (Å²) >= 11 is 0. The largest absolute Gasteiger partial charge is 0.479 e. The van der Waals surface area contributed by atoms with Crippen LogP contribution in [0.4, 0.5) is 4.79 Å². The van der Waals surface area contributed by atoms with Crippen LogP contribution in [0.2, 0.25) is 0 Å². The van der Waals surface area contributed by atoms with Crippen molar-refractivity contribution in [1.29, 1.82) is 0 Å². The van der Waals surface area contributed by atoms with Crippen molar-refractivity contribution >= 4 is 12.0 Å². The molecule has 2 amide bonds. The number of hydrogen-bond acceptors (Lipinski definition) is 4. The van der Waals surface area contributed by atoms with Crippen LogP contribution in [0, 0.1) is 0 Å². The number of nitrogens with one attached hydrogen (secondary N) is 1. The number of hydrogen-bond donors (Lipinski definition) is 4. The van der Waals surface area contributed by atoms with Gasteiger partial charge in [-0.1, -0.05) is 0 Å². The van der Waals surface area contributed by atoms with Gasteiger partial charge in [0.1, 0.15) is 0 Å². The fraction of sp³-hybridized carbons (Fsp3) is 0.750. The molecule has 7 heteroatoms. The Bertz CT molecular complexity index is 221. The number of carbonyl (C=O) groups excluding carboxylic acids is 1. The number of rotatable bonds is 6. The lowest BCUT2D eigenvalue weighted by atomic mass is 10.3. The molecule has 0 heterocycles. The van der Waals surface area contributed by atoms with Gasteiger partial charge in [0.05, 0.1) is 13.2 Å². The van der Waals surface area contributed by atoms with Crippen LogP contribution in [0.25, 0.3) is 0 Å². The van der Waals surface area contributed by atoms with Crippen LogP contribution in [0.15, 0.2) is 0 Å². The van der Waals surface area contributed by atoms with Crippen molar-refractivity contribution in [2.75, 3.05) is 26.2 Å². The van der Waals surface area contributed by atoms with Gasteiger partial charge < -0.3 is 25.5 Å². The Hall–Kier alpha value is -1.34. The van der Waals surface area contributed by atoms with Gasteiger partial charge in [0, 0.05) is 13.1 Å². The number of nitrogens with zero attached hydrogens (tertiary/aromatic N) is 1. The summed E-state index contributed by atoms with van der Waals surface area (Å²) in [5, 5.41) is 28.1. The first-order valence-electron chi connectivity index (χ1n) is 4.57. The first kappa shape index (κ1) is 13.7. The summed E-state index contributed by atoms with van der Waals surface area (Å²) in [4.78, 5) is 22.8. The fourth-order valence-electron chi connectivity index (χ4n) is 0.907. The summed E-state index contributed by atoms with van der Waals surface area (Å²) in [6, 6.07) is -0.508. The molecule has 0 unspecified atom stereocenters. The smallest absolute Gasteiger partial charge is 0.334 e. The van der Waals surface area contributed by atoms with E-state index in [0.717, 1.165) is 0 Å². The van der Waals surface area contributed by atoms with Crippen molar-refractivity contribution in [3.05, 3.63) is 0 Å². The van der Waals surface area contributed by atoms with E-state index in [1.54, 1.807) is 6.92 Å². The summed E-state index contributed by atoms with van der Waals surface area (Å²) < 4.78 is 0. The molecule has 15 heavy (non-hydrogen) atoms. The summed E-state index contributed by atoms with van der Waals surface area (Å²) in [5.41, 5.74) is 0. The Morgan fingerprint density at radius 2 is 2.07 bits per heavy atom. The number of likely N-dealkylation sites (N-methyl/N-ethyl adjacent to an activating group) is 1. The van der Waals surface area contributed by atoms with Crippen molar-refractivity contribution in [3.63, 3.8) is 0 Å². The van der Waals surface area contributed by atoms with Gasteiger partial charge in [-0.3, -0.25) is 0 Å². The molecule has 0 aromatic rings. The zero-order chi connectivity index (χ0) is 11.8. The van der Waals surface area contributed by atoms with Crippen molar-refractivity contribution in [3.8, 4) is 0 Å². The zero-order valence-corrected chi connectivity index (χ0v) is 8.51. The first-order chi connectivity index (χ1) is 7.02. The molecule has 0 aliphatic rings. The van der Waals surface area contributed by atoms with E-state index in [9.17, 15) is 9.59 Å². The standard InChI is InChI=1S/C8H16N2O5/c1-2-10(3-4-11)8(15)9-5-6(12)7(13)14/h6,11-12H,2-5H2,1H3,(H,9,15)(H,13,14)/t6-/m0/s1. The highest BCUT2D eigenvalue weighted by Gasteiger charge is 2.16. The number of carboxylic acid groups (broad SMARTS) is 1. The van der Waals surface area contributed by atoms with Gasteiger partial charge in [0.25, 0.3) is 0 Å². The second-order valence-electron chi connectivity index (χ2n) is 2.84. The minimum absolute atomic E-state index is 0.164. The van der Waals surface area contributed by atoms with Crippen molar-refractivity contribution in [2.45, 2.75) is 13.0 Å². The number of carboxylic acids is 1. The van der Waals surface area contributed by atoms with Crippen LogP contribution in [-0.4, -0.2) is 64.6 Å². The van der Waals surface area contributed by atoms with Crippen LogP contribution in [-0.2, 0) is 4.79 Å². The number of urea groups is 1. The minimum Gasteiger partial charge on any atom is -0.479 e. The van der Waals surface area contributed by atoms with Crippen molar-refractivity contribution in [1.82, 2.24) is 10.2 Å². The quantitative estimate of drug-likeness (QED) is 0.433. The third-order valence-electron chi connectivity index (χ3n) is 1.77. The molecule has 0 aromatic heterocycles. The lowest BCUT2D eigenvalue weighted by molar-refractivity contribution is -0.146. The maximum Gasteiger partial charge on any atom is 0.334 e. The van der Waals surface area contributed by atoms with E-state index in [2.05, 4.69) is 5.32 Å². The fourth-order valence-corrected chi connectivity index (χ4v) is 0.907. The third kappa shape index (κ3) is 5.18. The lowest BCUT2D eigenvalue weighted by Crippen LogP contribution is -2.45. The number of aliphatic hydroxyl groups excluding tert-OH is 2. The van der Waals surface area contributed by atoms with E-state index in [-0.39, 0.29) is 19.7 Å². The molecule has 0 aliphatic carbocycles. The maximum absolute atomic E-state index is 11.3. The second-order valence-corrected chi connectivity index (χ2v) is 2.84. The van der Waals surface area contributed by atoms with Crippen LogP contribution < -0.4 is 5.32 Å². The molecule has 0 aliphatic heterocycles. The molecular formula is C8H16N2O5. The van der Waals surface area contributed by atoms with Crippen molar-refractivity contribution in [2.24, 2.45) is 0 Å². The predicted octanol–water partition coefficient (Wildman–Crippen LogP) is -1.54. The molecule has 0 bridgehead atoms. The number of amides is 2. The highest BCUT2D eigenvalue weighted by Crippen LogP contribution is 1.89. The average molecular weight is 220 g/mol. The number of aliphatic hydroxyl groups is 2. The first-order valence-corrected chi connectivity index (χ1v) is 4.57. The molecule has 0 aromatic carbocycles. The average Bonchev–Trinajstić information content (AvgIpc) is 2.21. The molecule has 0 saturated heterocycles.